The van der Waals surface area contributed by atoms with Crippen LogP contribution in [0.4, 0.5) is 0 Å². The number of carbonyl (C=O) groups is 2. The molecule has 1 aromatic heterocycles. The second-order valence-electron chi connectivity index (χ2n) is 2.46. The van der Waals surface area contributed by atoms with Crippen LogP contribution in [0.1, 0.15) is 10.4 Å². The number of amides is 1. The van der Waals surface area contributed by atoms with Gasteiger partial charge in [-0.1, -0.05) is 0 Å². The molecule has 0 spiro atoms. The molecule has 2 N–H and O–H groups in total. The van der Waals surface area contributed by atoms with Gasteiger partial charge < -0.3 is 5.11 Å². The highest BCUT2D eigenvalue weighted by Gasteiger charge is 2.10. The zero-order valence-electron chi connectivity index (χ0n) is 7.44. The number of carboxylic acids is 1. The lowest BCUT2D eigenvalue weighted by molar-refractivity contribution is -0.144. The molecule has 1 rings (SSSR count). The predicted octanol–water partition coefficient (Wildman–Crippen LogP) is 0.590. The minimum atomic E-state index is -1.17. The normalized spacial score (nSPS) is 9.67. The van der Waals surface area contributed by atoms with Crippen LogP contribution in [-0.2, 0) is 9.63 Å². The molecule has 6 nitrogen and oxygen atoms in total. The van der Waals surface area contributed by atoms with Crippen molar-refractivity contribution in [3.05, 3.63) is 28.5 Å². The Morgan fingerprint density at radius 2 is 2.33 bits per heavy atom. The molecule has 0 saturated carbocycles. The molecule has 1 amide bonds. The maximum absolute atomic E-state index is 11.3. The SMILES string of the molecule is O=C(O)CONC(=O)c1cccnc1Br. The van der Waals surface area contributed by atoms with Crippen molar-refractivity contribution >= 4 is 27.8 Å². The molecule has 0 aromatic carbocycles. The Balaban J connectivity index is 2.54. The van der Waals surface area contributed by atoms with Crippen LogP contribution in [-0.4, -0.2) is 28.6 Å². The fourth-order valence-corrected chi connectivity index (χ4v) is 1.20. The highest BCUT2D eigenvalue weighted by atomic mass is 79.9. The van der Waals surface area contributed by atoms with Crippen molar-refractivity contribution in [3.8, 4) is 0 Å². The molecule has 0 saturated heterocycles. The summed E-state index contributed by atoms with van der Waals surface area (Å²) in [6.07, 6.45) is 1.51. The first-order valence-corrected chi connectivity index (χ1v) is 4.65. The third-order valence-corrected chi connectivity index (χ3v) is 2.00. The summed E-state index contributed by atoms with van der Waals surface area (Å²) in [5.74, 6) is -1.73. The Bertz CT molecular complexity index is 383. The van der Waals surface area contributed by atoms with E-state index in [-0.39, 0.29) is 5.56 Å². The fourth-order valence-electron chi connectivity index (χ4n) is 0.774. The van der Waals surface area contributed by atoms with Crippen molar-refractivity contribution in [3.63, 3.8) is 0 Å². The summed E-state index contributed by atoms with van der Waals surface area (Å²) in [6, 6.07) is 3.10. The molecule has 15 heavy (non-hydrogen) atoms. The Kier molecular flexibility index (Phi) is 4.19. The quantitative estimate of drug-likeness (QED) is 0.620. The van der Waals surface area contributed by atoms with E-state index in [1.807, 2.05) is 5.48 Å². The van der Waals surface area contributed by atoms with E-state index in [4.69, 9.17) is 5.11 Å². The van der Waals surface area contributed by atoms with Gasteiger partial charge in [0.05, 0.1) is 5.56 Å². The van der Waals surface area contributed by atoms with E-state index in [1.54, 1.807) is 6.07 Å². The van der Waals surface area contributed by atoms with Crippen LogP contribution in [0.2, 0.25) is 0 Å². The van der Waals surface area contributed by atoms with Gasteiger partial charge in [-0.25, -0.2) is 15.3 Å². The van der Waals surface area contributed by atoms with E-state index >= 15 is 0 Å². The molecule has 0 unspecified atom stereocenters. The summed E-state index contributed by atoms with van der Waals surface area (Å²) < 4.78 is 0.362. The standard InChI is InChI=1S/C8H7BrN2O4/c9-7-5(2-1-3-10-7)8(14)11-15-4-6(12)13/h1-3H,4H2,(H,11,14)(H,12,13). The number of hydroxylamine groups is 1. The van der Waals surface area contributed by atoms with Crippen LogP contribution >= 0.6 is 15.9 Å². The Morgan fingerprint density at radius 3 is 2.93 bits per heavy atom. The zero-order valence-corrected chi connectivity index (χ0v) is 9.02. The van der Waals surface area contributed by atoms with E-state index in [1.165, 1.54) is 12.3 Å². The fraction of sp³-hybridized carbons (Fsp3) is 0.125. The molecular formula is C8H7BrN2O4. The summed E-state index contributed by atoms with van der Waals surface area (Å²) in [5.41, 5.74) is 2.25. The summed E-state index contributed by atoms with van der Waals surface area (Å²) >= 11 is 3.07. The smallest absolute Gasteiger partial charge is 0.332 e. The van der Waals surface area contributed by atoms with Crippen molar-refractivity contribution in [2.75, 3.05) is 6.61 Å². The molecule has 0 aliphatic heterocycles. The number of aliphatic carboxylic acids is 1. The second kappa shape index (κ2) is 5.42. The Hall–Kier alpha value is -1.47. The van der Waals surface area contributed by atoms with E-state index in [0.717, 1.165) is 0 Å². The molecule has 0 fully saturated rings. The molecule has 0 atom stereocenters. The third kappa shape index (κ3) is 3.64. The topological polar surface area (TPSA) is 88.5 Å². The predicted molar refractivity (Wildman–Crippen MR) is 53.0 cm³/mol. The van der Waals surface area contributed by atoms with E-state index in [9.17, 15) is 9.59 Å². The number of halogens is 1. The molecule has 0 aliphatic carbocycles. The van der Waals surface area contributed by atoms with Crippen LogP contribution in [0.5, 0.6) is 0 Å². The maximum Gasteiger partial charge on any atom is 0.332 e. The van der Waals surface area contributed by atoms with Crippen LogP contribution in [0.3, 0.4) is 0 Å². The van der Waals surface area contributed by atoms with Gasteiger partial charge in [-0.2, -0.15) is 0 Å². The number of nitrogens with zero attached hydrogens (tertiary/aromatic N) is 1. The van der Waals surface area contributed by atoms with Gasteiger partial charge in [0.25, 0.3) is 5.91 Å². The zero-order chi connectivity index (χ0) is 11.3. The van der Waals surface area contributed by atoms with Gasteiger partial charge in [-0.05, 0) is 28.1 Å². The van der Waals surface area contributed by atoms with Crippen molar-refractivity contribution < 1.29 is 19.5 Å². The van der Waals surface area contributed by atoms with Gasteiger partial charge >= 0.3 is 5.97 Å². The molecule has 80 valence electrons. The highest BCUT2D eigenvalue weighted by molar-refractivity contribution is 9.10. The summed E-state index contributed by atoms with van der Waals surface area (Å²) in [7, 11) is 0. The first-order valence-electron chi connectivity index (χ1n) is 3.85. The average molecular weight is 275 g/mol. The molecule has 0 aliphatic rings. The highest BCUT2D eigenvalue weighted by Crippen LogP contribution is 2.11. The monoisotopic (exact) mass is 274 g/mol. The van der Waals surface area contributed by atoms with Crippen LogP contribution < -0.4 is 5.48 Å². The second-order valence-corrected chi connectivity index (χ2v) is 3.21. The first kappa shape index (κ1) is 11.6. The van der Waals surface area contributed by atoms with Crippen LogP contribution in [0.25, 0.3) is 0 Å². The number of rotatable bonds is 4. The van der Waals surface area contributed by atoms with Crippen LogP contribution in [0.15, 0.2) is 22.9 Å². The summed E-state index contributed by atoms with van der Waals surface area (Å²) in [5, 5.41) is 8.25. The van der Waals surface area contributed by atoms with Gasteiger partial charge in [0.1, 0.15) is 4.60 Å². The molecule has 7 heteroatoms. The summed E-state index contributed by atoms with van der Waals surface area (Å²) in [6.45, 7) is -0.594. The number of carbonyl (C=O) groups excluding carboxylic acids is 1. The van der Waals surface area contributed by atoms with Crippen LogP contribution in [0, 0.1) is 0 Å². The van der Waals surface area contributed by atoms with E-state index in [0.29, 0.717) is 4.60 Å². The molecule has 1 aromatic rings. The lowest BCUT2D eigenvalue weighted by atomic mass is 10.3. The minimum Gasteiger partial charge on any atom is -0.479 e. The molecular weight excluding hydrogens is 268 g/mol. The number of carboxylic acid groups (broad SMARTS) is 1. The van der Waals surface area contributed by atoms with E-state index < -0.39 is 18.5 Å². The van der Waals surface area contributed by atoms with Gasteiger partial charge in [0.2, 0.25) is 0 Å². The van der Waals surface area contributed by atoms with Crippen molar-refractivity contribution in [2.24, 2.45) is 0 Å². The van der Waals surface area contributed by atoms with Gasteiger partial charge in [0.15, 0.2) is 6.61 Å². The number of aromatic nitrogens is 1. The molecule has 0 radical (unpaired) electrons. The summed E-state index contributed by atoms with van der Waals surface area (Å²) in [4.78, 5) is 29.7. The van der Waals surface area contributed by atoms with E-state index in [2.05, 4.69) is 25.8 Å². The van der Waals surface area contributed by atoms with Gasteiger partial charge in [-0.15, -0.1) is 0 Å². The van der Waals surface area contributed by atoms with Crippen molar-refractivity contribution in [1.29, 1.82) is 0 Å². The minimum absolute atomic E-state index is 0.267. The number of hydrogen-bond donors (Lipinski definition) is 2. The molecule has 0 bridgehead atoms. The lowest BCUT2D eigenvalue weighted by Crippen LogP contribution is -2.27. The number of nitrogens with one attached hydrogen (secondary N) is 1. The number of hydrogen-bond acceptors (Lipinski definition) is 4. The third-order valence-electron chi connectivity index (χ3n) is 1.36. The number of pyridine rings is 1. The molecule has 1 heterocycles. The Morgan fingerprint density at radius 1 is 1.60 bits per heavy atom. The van der Waals surface area contributed by atoms with Gasteiger partial charge in [0, 0.05) is 6.20 Å². The van der Waals surface area contributed by atoms with Gasteiger partial charge in [-0.3, -0.25) is 9.63 Å². The first-order chi connectivity index (χ1) is 7.11. The largest absolute Gasteiger partial charge is 0.479 e. The van der Waals surface area contributed by atoms with Crippen molar-refractivity contribution in [2.45, 2.75) is 0 Å². The lowest BCUT2D eigenvalue weighted by Gasteiger charge is -2.04. The maximum atomic E-state index is 11.3. The van der Waals surface area contributed by atoms with Crippen molar-refractivity contribution in [1.82, 2.24) is 10.5 Å². The Labute approximate surface area is 93.3 Å². The average Bonchev–Trinajstić information content (AvgIpc) is 2.17.